The number of rotatable bonds is 6. The molecular formula is C24H29N5O4. The Labute approximate surface area is 191 Å². The van der Waals surface area contributed by atoms with Crippen molar-refractivity contribution in [1.82, 2.24) is 19.4 Å². The molecule has 2 fully saturated rings. The SMILES string of the molecule is COC(=O)c1ccc2nc(CN3CCN(c4cccc(=O)[nH]4)C[C@@H]3C)n(C[C@@H]3CCO3)c2c1. The second-order valence-electron chi connectivity index (χ2n) is 8.78. The zero-order chi connectivity index (χ0) is 22.9. The number of aromatic nitrogens is 3. The maximum absolute atomic E-state index is 12.1. The first kappa shape index (κ1) is 21.7. The van der Waals surface area contributed by atoms with Crippen LogP contribution in [0.5, 0.6) is 0 Å². The first-order valence-electron chi connectivity index (χ1n) is 11.4. The van der Waals surface area contributed by atoms with Crippen LogP contribution in [0.2, 0.25) is 0 Å². The number of anilines is 1. The van der Waals surface area contributed by atoms with Gasteiger partial charge < -0.3 is 23.9 Å². The highest BCUT2D eigenvalue weighted by Crippen LogP contribution is 2.25. The lowest BCUT2D eigenvalue weighted by molar-refractivity contribution is -0.0592. The van der Waals surface area contributed by atoms with Gasteiger partial charge >= 0.3 is 5.97 Å². The summed E-state index contributed by atoms with van der Waals surface area (Å²) < 4.78 is 12.8. The highest BCUT2D eigenvalue weighted by atomic mass is 16.5. The molecule has 1 aromatic carbocycles. The van der Waals surface area contributed by atoms with E-state index in [1.54, 1.807) is 12.1 Å². The Hall–Kier alpha value is -3.17. The van der Waals surface area contributed by atoms with Crippen molar-refractivity contribution in [2.45, 2.75) is 38.6 Å². The van der Waals surface area contributed by atoms with Crippen molar-refractivity contribution in [3.8, 4) is 0 Å². The van der Waals surface area contributed by atoms with Gasteiger partial charge in [-0.05, 0) is 37.6 Å². The third-order valence-electron chi connectivity index (χ3n) is 6.63. The van der Waals surface area contributed by atoms with Gasteiger partial charge in [0.1, 0.15) is 11.6 Å². The van der Waals surface area contributed by atoms with E-state index in [0.717, 1.165) is 61.9 Å². The third kappa shape index (κ3) is 4.38. The number of piperazine rings is 1. The average Bonchev–Trinajstić information content (AvgIpc) is 3.13. The number of nitrogens with one attached hydrogen (secondary N) is 1. The molecule has 9 heteroatoms. The molecule has 0 unspecified atom stereocenters. The van der Waals surface area contributed by atoms with E-state index in [1.807, 2.05) is 18.2 Å². The number of fused-ring (bicyclic) bond motifs is 1. The largest absolute Gasteiger partial charge is 0.465 e. The molecule has 2 saturated heterocycles. The van der Waals surface area contributed by atoms with Crippen LogP contribution in [0.25, 0.3) is 11.0 Å². The molecule has 0 saturated carbocycles. The highest BCUT2D eigenvalue weighted by Gasteiger charge is 2.28. The second-order valence-corrected chi connectivity index (χ2v) is 8.78. The summed E-state index contributed by atoms with van der Waals surface area (Å²) in [6.45, 7) is 6.91. The van der Waals surface area contributed by atoms with Crippen LogP contribution in [0.3, 0.4) is 0 Å². The number of methoxy groups -OCH3 is 1. The number of H-pyrrole nitrogens is 1. The summed E-state index contributed by atoms with van der Waals surface area (Å²) in [5.74, 6) is 1.48. The van der Waals surface area contributed by atoms with Crippen LogP contribution in [0.15, 0.2) is 41.2 Å². The molecular weight excluding hydrogens is 422 g/mol. The van der Waals surface area contributed by atoms with Crippen molar-refractivity contribution in [2.24, 2.45) is 0 Å². The molecule has 4 heterocycles. The van der Waals surface area contributed by atoms with Gasteiger partial charge in [-0.2, -0.15) is 0 Å². The van der Waals surface area contributed by atoms with Gasteiger partial charge in [0.2, 0.25) is 5.56 Å². The molecule has 5 rings (SSSR count). The minimum atomic E-state index is -0.352. The van der Waals surface area contributed by atoms with Gasteiger partial charge in [-0.1, -0.05) is 6.07 Å². The van der Waals surface area contributed by atoms with E-state index in [2.05, 4.69) is 26.3 Å². The number of hydrogen-bond acceptors (Lipinski definition) is 7. The molecule has 9 nitrogen and oxygen atoms in total. The topological polar surface area (TPSA) is 92.7 Å². The molecule has 0 bridgehead atoms. The summed E-state index contributed by atoms with van der Waals surface area (Å²) in [6, 6.07) is 11.1. The summed E-state index contributed by atoms with van der Waals surface area (Å²) in [5.41, 5.74) is 2.23. The quantitative estimate of drug-likeness (QED) is 0.573. The van der Waals surface area contributed by atoms with Crippen LogP contribution in [0.4, 0.5) is 5.82 Å². The predicted octanol–water partition coefficient (Wildman–Crippen LogP) is 2.01. The van der Waals surface area contributed by atoms with E-state index >= 15 is 0 Å². The van der Waals surface area contributed by atoms with E-state index in [1.165, 1.54) is 13.2 Å². The first-order chi connectivity index (χ1) is 16.0. The number of ether oxygens (including phenoxy) is 2. The molecule has 2 atom stereocenters. The minimum absolute atomic E-state index is 0.0826. The number of aromatic amines is 1. The molecule has 1 N–H and O–H groups in total. The summed E-state index contributed by atoms with van der Waals surface area (Å²) >= 11 is 0. The van der Waals surface area contributed by atoms with Crippen molar-refractivity contribution in [3.63, 3.8) is 0 Å². The van der Waals surface area contributed by atoms with E-state index in [9.17, 15) is 9.59 Å². The fraction of sp³-hybridized carbons (Fsp3) is 0.458. The molecule has 174 valence electrons. The standard InChI is InChI=1S/C24H29N5O4/c1-16-13-28(21-4-3-5-23(30)26-21)10-9-27(16)15-22-25-19-7-6-17(24(31)32-2)12-20(19)29(22)14-18-8-11-33-18/h3-7,12,16,18H,8-11,13-15H2,1-2H3,(H,26,30)/t16-,18-/m0/s1. The smallest absolute Gasteiger partial charge is 0.337 e. The van der Waals surface area contributed by atoms with Gasteiger partial charge in [-0.15, -0.1) is 0 Å². The predicted molar refractivity (Wildman–Crippen MR) is 125 cm³/mol. The lowest BCUT2D eigenvalue weighted by Gasteiger charge is -2.40. The molecule has 0 aliphatic carbocycles. The Balaban J connectivity index is 1.39. The highest BCUT2D eigenvalue weighted by molar-refractivity contribution is 5.93. The van der Waals surface area contributed by atoms with Crippen molar-refractivity contribution in [3.05, 3.63) is 58.1 Å². The lowest BCUT2D eigenvalue weighted by Crippen LogP contribution is -2.52. The zero-order valence-corrected chi connectivity index (χ0v) is 19.0. The van der Waals surface area contributed by atoms with Gasteiger partial charge in [0.25, 0.3) is 0 Å². The van der Waals surface area contributed by atoms with Crippen LogP contribution in [-0.4, -0.2) is 70.9 Å². The fourth-order valence-corrected chi connectivity index (χ4v) is 4.63. The van der Waals surface area contributed by atoms with Gasteiger partial charge in [-0.3, -0.25) is 9.69 Å². The van der Waals surface area contributed by atoms with Crippen molar-refractivity contribution in [2.75, 3.05) is 38.3 Å². The van der Waals surface area contributed by atoms with Crippen LogP contribution >= 0.6 is 0 Å². The third-order valence-corrected chi connectivity index (χ3v) is 6.63. The summed E-state index contributed by atoms with van der Waals surface area (Å²) in [7, 11) is 1.39. The maximum Gasteiger partial charge on any atom is 0.337 e. The Kier molecular flexibility index (Phi) is 5.90. The molecule has 33 heavy (non-hydrogen) atoms. The fourth-order valence-electron chi connectivity index (χ4n) is 4.63. The number of carbonyl (C=O) groups excluding carboxylic acids is 1. The zero-order valence-electron chi connectivity index (χ0n) is 19.0. The summed E-state index contributed by atoms with van der Waals surface area (Å²) in [5, 5.41) is 0. The number of esters is 1. The molecule has 0 spiro atoms. The van der Waals surface area contributed by atoms with Crippen LogP contribution < -0.4 is 10.5 Å². The average molecular weight is 452 g/mol. The van der Waals surface area contributed by atoms with Gasteiger partial charge in [0, 0.05) is 38.3 Å². The number of nitrogens with zero attached hydrogens (tertiary/aromatic N) is 4. The Morgan fingerprint density at radius 1 is 1.27 bits per heavy atom. The Morgan fingerprint density at radius 2 is 2.12 bits per heavy atom. The lowest BCUT2D eigenvalue weighted by atomic mass is 10.1. The number of carbonyl (C=O) groups is 1. The van der Waals surface area contributed by atoms with Gasteiger partial charge in [0.15, 0.2) is 0 Å². The normalized spacial score (nSPS) is 21.2. The molecule has 3 aromatic rings. The molecule has 2 aliphatic rings. The van der Waals surface area contributed by atoms with Crippen molar-refractivity contribution in [1.29, 1.82) is 0 Å². The van der Waals surface area contributed by atoms with Crippen LogP contribution in [0, 0.1) is 0 Å². The Morgan fingerprint density at radius 3 is 2.82 bits per heavy atom. The van der Waals surface area contributed by atoms with Crippen LogP contribution in [0.1, 0.15) is 29.5 Å². The maximum atomic E-state index is 12.1. The van der Waals surface area contributed by atoms with E-state index < -0.39 is 0 Å². The first-order valence-corrected chi connectivity index (χ1v) is 11.4. The molecule has 2 aliphatic heterocycles. The number of hydrogen-bond donors (Lipinski definition) is 1. The summed E-state index contributed by atoms with van der Waals surface area (Å²) in [6.07, 6.45) is 1.20. The Bertz CT molecular complexity index is 1220. The van der Waals surface area contributed by atoms with Gasteiger partial charge in [0.05, 0.1) is 42.9 Å². The van der Waals surface area contributed by atoms with E-state index in [4.69, 9.17) is 14.5 Å². The van der Waals surface area contributed by atoms with Crippen LogP contribution in [-0.2, 0) is 22.6 Å². The van der Waals surface area contributed by atoms with Crippen molar-refractivity contribution < 1.29 is 14.3 Å². The summed E-state index contributed by atoms with van der Waals surface area (Å²) in [4.78, 5) is 36.3. The molecule has 0 amide bonds. The second kappa shape index (κ2) is 8.99. The monoisotopic (exact) mass is 451 g/mol. The number of pyridine rings is 1. The van der Waals surface area contributed by atoms with E-state index in [0.29, 0.717) is 12.1 Å². The number of benzene rings is 1. The van der Waals surface area contributed by atoms with E-state index in [-0.39, 0.29) is 23.7 Å². The molecule has 2 aromatic heterocycles. The molecule has 0 radical (unpaired) electrons. The number of imidazole rings is 1. The van der Waals surface area contributed by atoms with Gasteiger partial charge in [-0.25, -0.2) is 9.78 Å². The van der Waals surface area contributed by atoms with Crippen molar-refractivity contribution >= 4 is 22.8 Å². The minimum Gasteiger partial charge on any atom is -0.465 e.